The predicted octanol–water partition coefficient (Wildman–Crippen LogP) is 4.63. The summed E-state index contributed by atoms with van der Waals surface area (Å²) in [6, 6.07) is 14.7. The zero-order valence-corrected chi connectivity index (χ0v) is 10.2. The van der Waals surface area contributed by atoms with Gasteiger partial charge in [0.1, 0.15) is 0 Å². The molecule has 0 bridgehead atoms. The average Bonchev–Trinajstić information content (AvgIpc) is 2.76. The van der Waals surface area contributed by atoms with Gasteiger partial charge in [0.15, 0.2) is 0 Å². The Morgan fingerprint density at radius 3 is 2.72 bits per heavy atom. The van der Waals surface area contributed by atoms with Crippen molar-refractivity contribution in [3.8, 4) is 11.1 Å². The minimum atomic E-state index is -0.107. The number of hydrogen-bond acceptors (Lipinski definition) is 1. The van der Waals surface area contributed by atoms with Gasteiger partial charge in [0.25, 0.3) is 0 Å². The molecule has 0 spiro atoms. The molecule has 1 atom stereocenters. The molecule has 0 saturated carbocycles. The van der Waals surface area contributed by atoms with Crippen LogP contribution in [0.15, 0.2) is 47.6 Å². The fourth-order valence-corrected chi connectivity index (χ4v) is 2.57. The molecule has 2 aromatic rings. The first-order chi connectivity index (χ1) is 8.79. The third kappa shape index (κ3) is 1.66. The smallest absolute Gasteiger partial charge is 0.0597 e. The average molecular weight is 235 g/mol. The van der Waals surface area contributed by atoms with Gasteiger partial charge in [-0.1, -0.05) is 54.5 Å². The molecule has 0 aromatic heterocycles. The minimum Gasteiger partial charge on any atom is -0.0862 e. The molecular weight excluding hydrogens is 222 g/mol. The molecule has 88 valence electrons. The van der Waals surface area contributed by atoms with Crippen LogP contribution in [0.1, 0.15) is 29.7 Å². The standard InChI is InChI=1S/C15H13N3/c1-10(17-18-16)11-6-7-15-13(8-11)9-12-4-2-3-5-14(12)15/h2-8,10H,9H2,1H3/t10-/m1/s1. The topological polar surface area (TPSA) is 48.8 Å². The number of azide groups is 1. The maximum atomic E-state index is 8.49. The first-order valence-corrected chi connectivity index (χ1v) is 6.05. The first kappa shape index (κ1) is 10.9. The zero-order chi connectivity index (χ0) is 12.5. The van der Waals surface area contributed by atoms with E-state index in [9.17, 15) is 0 Å². The van der Waals surface area contributed by atoms with E-state index in [4.69, 9.17) is 5.53 Å². The Bertz CT molecular complexity index is 655. The number of fused-ring (bicyclic) bond motifs is 3. The summed E-state index contributed by atoms with van der Waals surface area (Å²) in [6.07, 6.45) is 0.975. The molecule has 1 aliphatic carbocycles. The largest absolute Gasteiger partial charge is 0.0862 e. The Kier molecular flexibility index (Phi) is 2.54. The van der Waals surface area contributed by atoms with Gasteiger partial charge < -0.3 is 0 Å². The molecule has 3 heteroatoms. The van der Waals surface area contributed by atoms with E-state index in [1.165, 1.54) is 22.3 Å². The molecule has 0 N–H and O–H groups in total. The Morgan fingerprint density at radius 2 is 1.89 bits per heavy atom. The molecule has 3 rings (SSSR count). The van der Waals surface area contributed by atoms with Crippen molar-refractivity contribution in [3.63, 3.8) is 0 Å². The fourth-order valence-electron chi connectivity index (χ4n) is 2.57. The van der Waals surface area contributed by atoms with Crippen molar-refractivity contribution < 1.29 is 0 Å². The highest BCUT2D eigenvalue weighted by atomic mass is 15.1. The lowest BCUT2D eigenvalue weighted by molar-refractivity contribution is 0.806. The molecule has 0 saturated heterocycles. The molecule has 0 heterocycles. The fraction of sp³-hybridized carbons (Fsp3) is 0.200. The Labute approximate surface area is 106 Å². The lowest BCUT2D eigenvalue weighted by Gasteiger charge is -2.07. The molecule has 18 heavy (non-hydrogen) atoms. The summed E-state index contributed by atoms with van der Waals surface area (Å²) in [6.45, 7) is 1.92. The third-order valence-electron chi connectivity index (χ3n) is 3.52. The van der Waals surface area contributed by atoms with Crippen LogP contribution >= 0.6 is 0 Å². The minimum absolute atomic E-state index is 0.107. The van der Waals surface area contributed by atoms with Crippen LogP contribution in [0.25, 0.3) is 21.6 Å². The number of rotatable bonds is 2. The van der Waals surface area contributed by atoms with E-state index in [1.54, 1.807) is 0 Å². The summed E-state index contributed by atoms with van der Waals surface area (Å²) in [7, 11) is 0. The van der Waals surface area contributed by atoms with Crippen LogP contribution in [0.2, 0.25) is 0 Å². The SMILES string of the molecule is C[C@@H](N=[N+]=[N-])c1ccc2c(c1)Cc1ccccc1-2. The van der Waals surface area contributed by atoms with Gasteiger partial charge in [-0.15, -0.1) is 0 Å². The third-order valence-corrected chi connectivity index (χ3v) is 3.52. The van der Waals surface area contributed by atoms with Crippen LogP contribution < -0.4 is 0 Å². The van der Waals surface area contributed by atoms with Gasteiger partial charge in [-0.05, 0) is 39.8 Å². The molecular formula is C15H13N3. The van der Waals surface area contributed by atoms with Gasteiger partial charge in [0, 0.05) is 4.91 Å². The Balaban J connectivity index is 2.06. The van der Waals surface area contributed by atoms with Gasteiger partial charge in [0.2, 0.25) is 0 Å². The van der Waals surface area contributed by atoms with Crippen molar-refractivity contribution in [2.75, 3.05) is 0 Å². The normalized spacial score (nSPS) is 13.4. The predicted molar refractivity (Wildman–Crippen MR) is 72.2 cm³/mol. The molecule has 0 aliphatic heterocycles. The summed E-state index contributed by atoms with van der Waals surface area (Å²) in [5.74, 6) is 0. The van der Waals surface area contributed by atoms with E-state index in [-0.39, 0.29) is 6.04 Å². The van der Waals surface area contributed by atoms with Gasteiger partial charge in [-0.3, -0.25) is 0 Å². The van der Waals surface area contributed by atoms with E-state index in [0.29, 0.717) is 0 Å². The van der Waals surface area contributed by atoms with Crippen molar-refractivity contribution in [2.24, 2.45) is 5.11 Å². The lowest BCUT2D eigenvalue weighted by atomic mass is 10.0. The summed E-state index contributed by atoms with van der Waals surface area (Å²) in [5.41, 5.74) is 14.9. The van der Waals surface area contributed by atoms with Gasteiger partial charge >= 0.3 is 0 Å². The van der Waals surface area contributed by atoms with Crippen molar-refractivity contribution >= 4 is 0 Å². The second kappa shape index (κ2) is 4.21. The molecule has 1 aliphatic rings. The van der Waals surface area contributed by atoms with Crippen molar-refractivity contribution in [1.82, 2.24) is 0 Å². The number of hydrogen-bond donors (Lipinski definition) is 0. The van der Waals surface area contributed by atoms with Crippen LogP contribution in [0.4, 0.5) is 0 Å². The summed E-state index contributed by atoms with van der Waals surface area (Å²) in [5, 5.41) is 3.75. The van der Waals surface area contributed by atoms with Crippen LogP contribution in [-0.4, -0.2) is 0 Å². The molecule has 2 aromatic carbocycles. The second-order valence-electron chi connectivity index (χ2n) is 4.63. The maximum Gasteiger partial charge on any atom is 0.0597 e. The van der Waals surface area contributed by atoms with Gasteiger partial charge in [0.05, 0.1) is 6.04 Å². The van der Waals surface area contributed by atoms with Crippen molar-refractivity contribution in [3.05, 3.63) is 69.6 Å². The molecule has 0 fully saturated rings. The highest BCUT2D eigenvalue weighted by Crippen LogP contribution is 2.37. The van der Waals surface area contributed by atoms with E-state index in [0.717, 1.165) is 12.0 Å². The maximum absolute atomic E-state index is 8.49. The zero-order valence-electron chi connectivity index (χ0n) is 10.2. The first-order valence-electron chi connectivity index (χ1n) is 6.05. The molecule has 0 amide bonds. The molecule has 0 unspecified atom stereocenters. The van der Waals surface area contributed by atoms with E-state index in [1.807, 2.05) is 6.92 Å². The van der Waals surface area contributed by atoms with E-state index < -0.39 is 0 Å². The number of nitrogens with zero attached hydrogens (tertiary/aromatic N) is 3. The van der Waals surface area contributed by atoms with Gasteiger partial charge in [-0.25, -0.2) is 0 Å². The molecule has 3 nitrogen and oxygen atoms in total. The summed E-state index contributed by atoms with van der Waals surface area (Å²) in [4.78, 5) is 2.87. The van der Waals surface area contributed by atoms with Crippen LogP contribution in [0.3, 0.4) is 0 Å². The Morgan fingerprint density at radius 1 is 1.11 bits per heavy atom. The van der Waals surface area contributed by atoms with Crippen LogP contribution in [0, 0.1) is 0 Å². The van der Waals surface area contributed by atoms with Crippen molar-refractivity contribution in [2.45, 2.75) is 19.4 Å². The van der Waals surface area contributed by atoms with E-state index >= 15 is 0 Å². The monoisotopic (exact) mass is 235 g/mol. The lowest BCUT2D eigenvalue weighted by Crippen LogP contribution is -1.90. The van der Waals surface area contributed by atoms with Crippen LogP contribution in [-0.2, 0) is 6.42 Å². The summed E-state index contributed by atoms with van der Waals surface area (Å²) >= 11 is 0. The van der Waals surface area contributed by atoms with Gasteiger partial charge in [-0.2, -0.15) is 0 Å². The van der Waals surface area contributed by atoms with E-state index in [2.05, 4.69) is 52.5 Å². The highest BCUT2D eigenvalue weighted by molar-refractivity contribution is 5.76. The van der Waals surface area contributed by atoms with Crippen LogP contribution in [0.5, 0.6) is 0 Å². The second-order valence-corrected chi connectivity index (χ2v) is 4.63. The Hall–Kier alpha value is -2.25. The van der Waals surface area contributed by atoms with Crippen molar-refractivity contribution in [1.29, 1.82) is 0 Å². The molecule has 0 radical (unpaired) electrons. The highest BCUT2D eigenvalue weighted by Gasteiger charge is 2.18. The number of benzene rings is 2. The quantitative estimate of drug-likeness (QED) is 0.353. The summed E-state index contributed by atoms with van der Waals surface area (Å²) < 4.78 is 0.